The zero-order chi connectivity index (χ0) is 30.3. The van der Waals surface area contributed by atoms with Crippen LogP contribution in [0.4, 0.5) is 35.0 Å². The third-order valence-electron chi connectivity index (χ3n) is 7.32. The van der Waals surface area contributed by atoms with Crippen molar-refractivity contribution in [2.75, 3.05) is 22.5 Å². The molecule has 1 fully saturated rings. The molecule has 0 spiro atoms. The molecule has 8 nitrogen and oxygen atoms in total. The number of aliphatic carboxylic acids is 1. The summed E-state index contributed by atoms with van der Waals surface area (Å²) in [4.78, 5) is 37.9. The number of amides is 3. The quantitative estimate of drug-likeness (QED) is 0.207. The number of nitrogens with zero attached hydrogens (tertiary/aromatic N) is 1. The predicted octanol–water partition coefficient (Wildman–Crippen LogP) is 6.78. The van der Waals surface area contributed by atoms with E-state index in [1.807, 2.05) is 24.3 Å². The van der Waals surface area contributed by atoms with E-state index in [1.54, 1.807) is 24.3 Å². The lowest BCUT2D eigenvalue weighted by Gasteiger charge is -2.26. The van der Waals surface area contributed by atoms with Crippen LogP contribution in [-0.4, -0.2) is 29.6 Å². The maximum absolute atomic E-state index is 13.5. The number of urea groups is 1. The fourth-order valence-corrected chi connectivity index (χ4v) is 5.04. The highest BCUT2D eigenvalue weighted by Gasteiger charge is 2.33. The van der Waals surface area contributed by atoms with Gasteiger partial charge < -0.3 is 21.5 Å². The van der Waals surface area contributed by atoms with Gasteiger partial charge in [-0.15, -0.1) is 0 Å². The van der Waals surface area contributed by atoms with Gasteiger partial charge in [0.25, 0.3) is 5.91 Å². The van der Waals surface area contributed by atoms with E-state index < -0.39 is 35.3 Å². The smallest absolute Gasteiger partial charge is 0.418 e. The number of carbonyl (C=O) groups excluding carboxylic acids is 2. The fourth-order valence-electron chi connectivity index (χ4n) is 5.04. The molecular weight excluding hydrogens is 549 g/mol. The first kappa shape index (κ1) is 30.4. The number of carboxylic acids is 1. The zero-order valence-electron chi connectivity index (χ0n) is 22.9. The number of hydrogen-bond acceptors (Lipinski definition) is 4. The molecule has 0 saturated heterocycles. The van der Waals surface area contributed by atoms with Gasteiger partial charge in [0, 0.05) is 29.2 Å². The van der Waals surface area contributed by atoms with Crippen LogP contribution in [0.2, 0.25) is 0 Å². The van der Waals surface area contributed by atoms with E-state index >= 15 is 0 Å². The molecular formula is C31H33F3N4O4. The highest BCUT2D eigenvalue weighted by molar-refractivity contribution is 6.02. The minimum atomic E-state index is -4.68. The molecule has 222 valence electrons. The van der Waals surface area contributed by atoms with E-state index in [0.717, 1.165) is 25.0 Å². The van der Waals surface area contributed by atoms with Crippen molar-refractivity contribution in [3.05, 3.63) is 89.0 Å². The second kappa shape index (κ2) is 13.4. The molecule has 3 aromatic carbocycles. The summed E-state index contributed by atoms with van der Waals surface area (Å²) < 4.78 is 40.2. The summed E-state index contributed by atoms with van der Waals surface area (Å²) in [7, 11) is 0. The van der Waals surface area contributed by atoms with Crippen molar-refractivity contribution in [3.63, 3.8) is 0 Å². The van der Waals surface area contributed by atoms with Gasteiger partial charge in [0.1, 0.15) is 0 Å². The fraction of sp³-hybridized carbons (Fsp3) is 0.323. The van der Waals surface area contributed by atoms with Gasteiger partial charge in [0.2, 0.25) is 0 Å². The standard InChI is InChI=1S/C31H33F3N4O4/c32-31(33,34)26-18-24(12-15-27(26)35)37-30(42)38(25-13-10-22(11-14-25)21-4-2-1-3-5-21)19-20-6-8-23(9-7-20)29(41)36-17-16-28(39)40/h6-15,18,21H,1-5,16-17,19,35H2,(H,36,41)(H,37,42)(H,39,40). The normalized spacial score (nSPS) is 13.8. The van der Waals surface area contributed by atoms with Crippen LogP contribution in [0.15, 0.2) is 66.7 Å². The number of carbonyl (C=O) groups is 3. The first-order valence-electron chi connectivity index (χ1n) is 13.8. The lowest BCUT2D eigenvalue weighted by atomic mass is 9.84. The van der Waals surface area contributed by atoms with Crippen LogP contribution in [0, 0.1) is 0 Å². The van der Waals surface area contributed by atoms with Gasteiger partial charge in [0.15, 0.2) is 0 Å². The number of nitrogen functional groups attached to an aromatic ring is 1. The number of anilines is 3. The average Bonchev–Trinajstić information content (AvgIpc) is 2.97. The van der Waals surface area contributed by atoms with E-state index in [-0.39, 0.29) is 25.2 Å². The van der Waals surface area contributed by atoms with Crippen molar-refractivity contribution < 1.29 is 32.7 Å². The molecule has 0 aliphatic heterocycles. The number of hydrogen-bond donors (Lipinski definition) is 4. The Bertz CT molecular complexity index is 1400. The summed E-state index contributed by atoms with van der Waals surface area (Å²) in [5.41, 5.74) is 6.69. The second-order valence-electron chi connectivity index (χ2n) is 10.3. The molecule has 0 radical (unpaired) electrons. The monoisotopic (exact) mass is 582 g/mol. The molecule has 3 amide bonds. The van der Waals surface area contributed by atoms with E-state index in [2.05, 4.69) is 10.6 Å². The third kappa shape index (κ3) is 8.02. The molecule has 5 N–H and O–H groups in total. The lowest BCUT2D eigenvalue weighted by molar-refractivity contribution is -0.137. The SMILES string of the molecule is Nc1ccc(NC(=O)N(Cc2ccc(C(=O)NCCC(=O)O)cc2)c2ccc(C3CCCCC3)cc2)cc1C(F)(F)F. The lowest BCUT2D eigenvalue weighted by Crippen LogP contribution is -2.34. The minimum Gasteiger partial charge on any atom is -0.481 e. The summed E-state index contributed by atoms with van der Waals surface area (Å²) in [6.07, 6.45) is 0.919. The summed E-state index contributed by atoms with van der Waals surface area (Å²) >= 11 is 0. The Kier molecular flexibility index (Phi) is 9.72. The predicted molar refractivity (Wildman–Crippen MR) is 154 cm³/mol. The van der Waals surface area contributed by atoms with Gasteiger partial charge in [-0.25, -0.2) is 4.79 Å². The highest BCUT2D eigenvalue weighted by Crippen LogP contribution is 2.36. The van der Waals surface area contributed by atoms with E-state index in [0.29, 0.717) is 22.7 Å². The molecule has 0 unspecified atom stereocenters. The van der Waals surface area contributed by atoms with Gasteiger partial charge in [-0.05, 0) is 72.4 Å². The molecule has 0 atom stereocenters. The second-order valence-corrected chi connectivity index (χ2v) is 10.3. The Hall–Kier alpha value is -4.54. The van der Waals surface area contributed by atoms with Crippen molar-refractivity contribution in [2.24, 2.45) is 0 Å². The van der Waals surface area contributed by atoms with Crippen molar-refractivity contribution >= 4 is 35.0 Å². The van der Waals surface area contributed by atoms with Gasteiger partial charge in [-0.1, -0.05) is 43.5 Å². The van der Waals surface area contributed by atoms with Crippen LogP contribution in [0.5, 0.6) is 0 Å². The number of nitrogens with two attached hydrogens (primary N) is 1. The Morgan fingerprint density at radius 1 is 0.929 bits per heavy atom. The summed E-state index contributed by atoms with van der Waals surface area (Å²) in [6, 6.07) is 16.6. The molecule has 0 aromatic heterocycles. The number of carboxylic acid groups (broad SMARTS) is 1. The zero-order valence-corrected chi connectivity index (χ0v) is 22.9. The van der Waals surface area contributed by atoms with Crippen LogP contribution in [0.1, 0.15) is 71.5 Å². The van der Waals surface area contributed by atoms with E-state index in [1.165, 1.54) is 35.8 Å². The van der Waals surface area contributed by atoms with Gasteiger partial charge in [-0.3, -0.25) is 14.5 Å². The van der Waals surface area contributed by atoms with Crippen LogP contribution in [0.3, 0.4) is 0 Å². The number of benzene rings is 3. The van der Waals surface area contributed by atoms with E-state index in [9.17, 15) is 27.6 Å². The van der Waals surface area contributed by atoms with Gasteiger partial charge in [-0.2, -0.15) is 13.2 Å². The van der Waals surface area contributed by atoms with Gasteiger partial charge >= 0.3 is 18.2 Å². The number of halogens is 3. The first-order chi connectivity index (χ1) is 20.0. The molecule has 3 aromatic rings. The summed E-state index contributed by atoms with van der Waals surface area (Å²) in [6.45, 7) is 0.0541. The molecule has 4 rings (SSSR count). The van der Waals surface area contributed by atoms with Crippen molar-refractivity contribution in [1.82, 2.24) is 5.32 Å². The summed E-state index contributed by atoms with van der Waals surface area (Å²) in [5, 5.41) is 13.8. The Morgan fingerprint density at radius 2 is 1.60 bits per heavy atom. The molecule has 1 aliphatic rings. The Morgan fingerprint density at radius 3 is 2.21 bits per heavy atom. The molecule has 1 aliphatic carbocycles. The molecule has 11 heteroatoms. The van der Waals surface area contributed by atoms with E-state index in [4.69, 9.17) is 10.8 Å². The largest absolute Gasteiger partial charge is 0.481 e. The topological polar surface area (TPSA) is 125 Å². The first-order valence-corrected chi connectivity index (χ1v) is 13.8. The Labute approximate surface area is 241 Å². The van der Waals surface area contributed by atoms with Crippen LogP contribution in [0.25, 0.3) is 0 Å². The maximum Gasteiger partial charge on any atom is 0.418 e. The number of rotatable bonds is 9. The van der Waals surface area contributed by atoms with Crippen LogP contribution >= 0.6 is 0 Å². The number of nitrogens with one attached hydrogen (secondary N) is 2. The third-order valence-corrected chi connectivity index (χ3v) is 7.32. The molecule has 0 heterocycles. The maximum atomic E-state index is 13.5. The van der Waals surface area contributed by atoms with Crippen molar-refractivity contribution in [1.29, 1.82) is 0 Å². The van der Waals surface area contributed by atoms with Crippen LogP contribution < -0.4 is 21.3 Å². The average molecular weight is 583 g/mol. The van der Waals surface area contributed by atoms with Crippen molar-refractivity contribution in [3.8, 4) is 0 Å². The van der Waals surface area contributed by atoms with Crippen LogP contribution in [-0.2, 0) is 17.5 Å². The number of alkyl halides is 3. The molecule has 0 bridgehead atoms. The van der Waals surface area contributed by atoms with Crippen molar-refractivity contribution in [2.45, 2.75) is 57.2 Å². The minimum absolute atomic E-state index is 0.0120. The molecule has 42 heavy (non-hydrogen) atoms. The summed E-state index contributed by atoms with van der Waals surface area (Å²) in [5.74, 6) is -0.997. The Balaban J connectivity index is 1.56. The van der Waals surface area contributed by atoms with Gasteiger partial charge in [0.05, 0.1) is 18.5 Å². The molecule has 1 saturated carbocycles. The highest BCUT2D eigenvalue weighted by atomic mass is 19.4.